The highest BCUT2D eigenvalue weighted by atomic mass is 16.3. The maximum Gasteiger partial charge on any atom is 0.158 e. The molecule has 0 spiro atoms. The summed E-state index contributed by atoms with van der Waals surface area (Å²) >= 11 is 0. The molecule has 1 aromatic heterocycles. The normalized spacial score (nSPS) is 10.8. The molecule has 1 rings (SSSR count). The largest absolute Gasteiger partial charge is 0.395 e. The first kappa shape index (κ1) is 13.8. The fraction of sp³-hybridized carbons (Fsp3) is 0.636. The summed E-state index contributed by atoms with van der Waals surface area (Å²) in [4.78, 5) is 10.5. The van der Waals surface area contributed by atoms with Gasteiger partial charge < -0.3 is 10.5 Å². The number of aliphatic hydroxyl groups excluding tert-OH is 1. The standard InChI is InChI=1S/C11H21N5O/c1-2-3-4-16(5-6-17)9-10-7-14-11(15-12)8-13-10/h7-8,17H,2-6,9,12H2,1H3,(H,14,15). The van der Waals surface area contributed by atoms with Gasteiger partial charge in [0.2, 0.25) is 0 Å². The van der Waals surface area contributed by atoms with Crippen LogP contribution in [0.4, 0.5) is 5.82 Å². The van der Waals surface area contributed by atoms with Crippen LogP contribution >= 0.6 is 0 Å². The Morgan fingerprint density at radius 3 is 2.71 bits per heavy atom. The first-order chi connectivity index (χ1) is 8.30. The van der Waals surface area contributed by atoms with Gasteiger partial charge in [0.25, 0.3) is 0 Å². The molecule has 0 radical (unpaired) electrons. The van der Waals surface area contributed by atoms with E-state index < -0.39 is 0 Å². The fourth-order valence-electron chi connectivity index (χ4n) is 1.53. The fourth-order valence-corrected chi connectivity index (χ4v) is 1.53. The highest BCUT2D eigenvalue weighted by Crippen LogP contribution is 2.04. The van der Waals surface area contributed by atoms with Crippen molar-refractivity contribution < 1.29 is 5.11 Å². The monoisotopic (exact) mass is 239 g/mol. The lowest BCUT2D eigenvalue weighted by Gasteiger charge is -2.20. The number of rotatable bonds is 8. The van der Waals surface area contributed by atoms with Crippen molar-refractivity contribution in [3.05, 3.63) is 18.1 Å². The van der Waals surface area contributed by atoms with E-state index in [1.807, 2.05) is 0 Å². The van der Waals surface area contributed by atoms with Crippen molar-refractivity contribution >= 4 is 5.82 Å². The highest BCUT2D eigenvalue weighted by molar-refractivity contribution is 5.28. The maximum atomic E-state index is 8.99. The van der Waals surface area contributed by atoms with Crippen LogP contribution in [0.2, 0.25) is 0 Å². The van der Waals surface area contributed by atoms with Crippen LogP contribution in [-0.2, 0) is 6.54 Å². The zero-order chi connectivity index (χ0) is 12.5. The van der Waals surface area contributed by atoms with Gasteiger partial charge in [-0.25, -0.2) is 10.8 Å². The topological polar surface area (TPSA) is 87.3 Å². The van der Waals surface area contributed by atoms with Crippen LogP contribution < -0.4 is 11.3 Å². The predicted molar refractivity (Wildman–Crippen MR) is 67.1 cm³/mol. The zero-order valence-corrected chi connectivity index (χ0v) is 10.3. The van der Waals surface area contributed by atoms with Crippen LogP contribution in [0, 0.1) is 0 Å². The van der Waals surface area contributed by atoms with E-state index in [1.54, 1.807) is 12.4 Å². The van der Waals surface area contributed by atoms with E-state index in [4.69, 9.17) is 10.9 Å². The number of aromatic nitrogens is 2. The van der Waals surface area contributed by atoms with Crippen molar-refractivity contribution in [2.45, 2.75) is 26.3 Å². The summed E-state index contributed by atoms with van der Waals surface area (Å²) in [7, 11) is 0. The number of nitrogens with two attached hydrogens (primary N) is 1. The summed E-state index contributed by atoms with van der Waals surface area (Å²) in [5, 5.41) is 8.99. The summed E-state index contributed by atoms with van der Waals surface area (Å²) in [6.45, 7) is 4.66. The third-order valence-electron chi connectivity index (χ3n) is 2.48. The zero-order valence-electron chi connectivity index (χ0n) is 10.3. The van der Waals surface area contributed by atoms with Crippen molar-refractivity contribution in [2.24, 2.45) is 5.84 Å². The van der Waals surface area contributed by atoms with Gasteiger partial charge in [0.05, 0.1) is 24.7 Å². The lowest BCUT2D eigenvalue weighted by molar-refractivity contribution is 0.187. The van der Waals surface area contributed by atoms with Crippen molar-refractivity contribution in [3.8, 4) is 0 Å². The highest BCUT2D eigenvalue weighted by Gasteiger charge is 2.06. The molecule has 6 heteroatoms. The number of hydrogen-bond acceptors (Lipinski definition) is 6. The molecular formula is C11H21N5O. The third-order valence-corrected chi connectivity index (χ3v) is 2.48. The van der Waals surface area contributed by atoms with Crippen LogP contribution in [-0.4, -0.2) is 39.7 Å². The molecule has 0 saturated carbocycles. The predicted octanol–water partition coefficient (Wildman–Crippen LogP) is 0.357. The lowest BCUT2D eigenvalue weighted by Crippen LogP contribution is -2.28. The lowest BCUT2D eigenvalue weighted by atomic mass is 10.3. The Morgan fingerprint density at radius 2 is 2.18 bits per heavy atom. The smallest absolute Gasteiger partial charge is 0.158 e. The minimum Gasteiger partial charge on any atom is -0.395 e. The molecule has 0 aliphatic carbocycles. The van der Waals surface area contributed by atoms with E-state index in [2.05, 4.69) is 27.2 Å². The molecule has 0 saturated heterocycles. The number of aliphatic hydroxyl groups is 1. The molecule has 4 N–H and O–H groups in total. The Hall–Kier alpha value is -1.24. The minimum atomic E-state index is 0.166. The average molecular weight is 239 g/mol. The van der Waals surface area contributed by atoms with Crippen LogP contribution in [0.25, 0.3) is 0 Å². The molecule has 0 fully saturated rings. The Kier molecular flexibility index (Phi) is 6.46. The van der Waals surface area contributed by atoms with Crippen LogP contribution in [0.15, 0.2) is 12.4 Å². The van der Waals surface area contributed by atoms with Gasteiger partial charge >= 0.3 is 0 Å². The third kappa shape index (κ3) is 5.08. The molecule has 17 heavy (non-hydrogen) atoms. The summed E-state index contributed by atoms with van der Waals surface area (Å²) in [6, 6.07) is 0. The van der Waals surface area contributed by atoms with Crippen molar-refractivity contribution in [3.63, 3.8) is 0 Å². The maximum absolute atomic E-state index is 8.99. The molecule has 1 aromatic rings. The van der Waals surface area contributed by atoms with Gasteiger partial charge in [0.1, 0.15) is 0 Å². The first-order valence-electron chi connectivity index (χ1n) is 5.91. The molecule has 0 aliphatic rings. The number of nitrogen functional groups attached to an aromatic ring is 1. The van der Waals surface area contributed by atoms with Crippen molar-refractivity contribution in [1.82, 2.24) is 14.9 Å². The Labute approximate surface area is 102 Å². The van der Waals surface area contributed by atoms with E-state index in [-0.39, 0.29) is 6.61 Å². The molecule has 0 aromatic carbocycles. The summed E-state index contributed by atoms with van der Waals surface area (Å²) in [6.07, 6.45) is 5.57. The van der Waals surface area contributed by atoms with Gasteiger partial charge in [-0.05, 0) is 13.0 Å². The SMILES string of the molecule is CCCCN(CCO)Cc1cnc(NN)cn1. The number of anilines is 1. The number of hydrazine groups is 1. The van der Waals surface area contributed by atoms with Crippen molar-refractivity contribution in [1.29, 1.82) is 0 Å². The van der Waals surface area contributed by atoms with Gasteiger partial charge in [-0.1, -0.05) is 13.3 Å². The second-order valence-corrected chi connectivity index (χ2v) is 3.89. The van der Waals surface area contributed by atoms with Gasteiger partial charge in [-0.2, -0.15) is 0 Å². The van der Waals surface area contributed by atoms with Crippen LogP contribution in [0.1, 0.15) is 25.5 Å². The molecule has 0 atom stereocenters. The number of hydrogen-bond donors (Lipinski definition) is 3. The first-order valence-corrected chi connectivity index (χ1v) is 5.91. The van der Waals surface area contributed by atoms with Gasteiger partial charge in [-0.3, -0.25) is 9.88 Å². The molecule has 0 unspecified atom stereocenters. The summed E-state index contributed by atoms with van der Waals surface area (Å²) in [5.41, 5.74) is 3.32. The van der Waals surface area contributed by atoms with E-state index in [0.29, 0.717) is 18.9 Å². The minimum absolute atomic E-state index is 0.166. The van der Waals surface area contributed by atoms with Gasteiger partial charge in [0.15, 0.2) is 5.82 Å². The van der Waals surface area contributed by atoms with E-state index >= 15 is 0 Å². The molecule has 0 bridgehead atoms. The molecular weight excluding hydrogens is 218 g/mol. The van der Waals surface area contributed by atoms with Gasteiger partial charge in [-0.15, -0.1) is 0 Å². The Balaban J connectivity index is 2.51. The quantitative estimate of drug-likeness (QED) is 0.448. The van der Waals surface area contributed by atoms with E-state index in [0.717, 1.165) is 25.1 Å². The molecule has 1 heterocycles. The van der Waals surface area contributed by atoms with E-state index in [9.17, 15) is 0 Å². The van der Waals surface area contributed by atoms with Crippen LogP contribution in [0.5, 0.6) is 0 Å². The molecule has 0 aliphatic heterocycles. The molecule has 0 amide bonds. The molecule has 6 nitrogen and oxygen atoms in total. The Bertz CT molecular complexity index is 303. The summed E-state index contributed by atoms with van der Waals surface area (Å²) in [5.74, 6) is 5.77. The van der Waals surface area contributed by atoms with Gasteiger partial charge in [0, 0.05) is 13.1 Å². The second-order valence-electron chi connectivity index (χ2n) is 3.89. The van der Waals surface area contributed by atoms with Crippen LogP contribution in [0.3, 0.4) is 0 Å². The number of nitrogens with one attached hydrogen (secondary N) is 1. The molecule has 96 valence electrons. The van der Waals surface area contributed by atoms with E-state index in [1.165, 1.54) is 0 Å². The Morgan fingerprint density at radius 1 is 1.35 bits per heavy atom. The van der Waals surface area contributed by atoms with Crippen molar-refractivity contribution in [2.75, 3.05) is 25.1 Å². The number of nitrogens with zero attached hydrogens (tertiary/aromatic N) is 3. The summed E-state index contributed by atoms with van der Waals surface area (Å²) < 4.78 is 0. The average Bonchev–Trinajstić information content (AvgIpc) is 2.37. The number of unbranched alkanes of at least 4 members (excludes halogenated alkanes) is 1. The second kappa shape index (κ2) is 7.94.